The molecule has 1 heterocycles. The van der Waals surface area contributed by atoms with Gasteiger partial charge in [-0.3, -0.25) is 14.4 Å². The molecule has 4 atom stereocenters. The standard InChI is InChI=1S/C32H35N5O6S/c33-24(16-21-17-34-25-9-5-4-8-23(21)25)29(39)35-26(14-19-6-2-1-3-7-19)30(40)36-27(15-20-10-12-22(38)13-11-20)31(41)37-28(18-44)32(42)43/h1-13,17,24,26-28,34,38,44H,14-16,18,33H2,(H,35,39)(H,36,40)(H,37,41)(H,42,43). The van der Waals surface area contributed by atoms with E-state index in [0.29, 0.717) is 5.56 Å². The zero-order chi connectivity index (χ0) is 31.6. The molecule has 4 rings (SSSR count). The number of fused-ring (bicyclic) bond motifs is 1. The molecule has 230 valence electrons. The average Bonchev–Trinajstić information content (AvgIpc) is 3.42. The molecule has 12 heteroatoms. The number of carbonyl (C=O) groups is 4. The summed E-state index contributed by atoms with van der Waals surface area (Å²) < 4.78 is 0. The van der Waals surface area contributed by atoms with Gasteiger partial charge in [0.25, 0.3) is 0 Å². The fourth-order valence-corrected chi connectivity index (χ4v) is 5.02. The lowest BCUT2D eigenvalue weighted by atomic mass is 10.0. The third-order valence-electron chi connectivity index (χ3n) is 7.17. The number of hydrogen-bond acceptors (Lipinski definition) is 7. The summed E-state index contributed by atoms with van der Waals surface area (Å²) >= 11 is 4.00. The molecule has 0 saturated heterocycles. The topological polar surface area (TPSA) is 187 Å². The summed E-state index contributed by atoms with van der Waals surface area (Å²) in [6, 6.07) is 18.2. The molecule has 0 aliphatic carbocycles. The molecule has 0 fully saturated rings. The van der Waals surface area contributed by atoms with Crippen LogP contribution < -0.4 is 21.7 Å². The van der Waals surface area contributed by atoms with Crippen LogP contribution in [-0.4, -0.2) is 68.8 Å². The summed E-state index contributed by atoms with van der Waals surface area (Å²) in [6.45, 7) is 0. The Morgan fingerprint density at radius 2 is 1.27 bits per heavy atom. The van der Waals surface area contributed by atoms with E-state index in [9.17, 15) is 29.4 Å². The van der Waals surface area contributed by atoms with Gasteiger partial charge in [-0.25, -0.2) is 4.79 Å². The largest absolute Gasteiger partial charge is 0.508 e. The highest BCUT2D eigenvalue weighted by atomic mass is 32.1. The molecule has 3 aromatic carbocycles. The number of rotatable bonds is 14. The Balaban J connectivity index is 1.54. The minimum absolute atomic E-state index is 0.0111. The number of phenolic OH excluding ortho intramolecular Hbond substituents is 1. The molecule has 3 amide bonds. The highest BCUT2D eigenvalue weighted by Crippen LogP contribution is 2.19. The summed E-state index contributed by atoms with van der Waals surface area (Å²) in [5.74, 6) is -3.36. The Bertz CT molecular complexity index is 1590. The highest BCUT2D eigenvalue weighted by molar-refractivity contribution is 7.80. The predicted molar refractivity (Wildman–Crippen MR) is 169 cm³/mol. The van der Waals surface area contributed by atoms with Crippen molar-refractivity contribution in [1.29, 1.82) is 0 Å². The molecule has 0 bridgehead atoms. The quantitative estimate of drug-likeness (QED) is 0.0989. The SMILES string of the molecule is NC(Cc1c[nH]c2ccccc12)C(=O)NC(Cc1ccccc1)C(=O)NC(Cc1ccc(O)cc1)C(=O)NC(CS)C(=O)O. The van der Waals surface area contributed by atoms with E-state index in [0.717, 1.165) is 22.0 Å². The molecule has 1 aromatic heterocycles. The van der Waals surface area contributed by atoms with Crippen LogP contribution in [0.15, 0.2) is 85.1 Å². The van der Waals surface area contributed by atoms with Crippen molar-refractivity contribution in [3.05, 3.63) is 102 Å². The smallest absolute Gasteiger partial charge is 0.327 e. The Kier molecular flexibility index (Phi) is 11.0. The van der Waals surface area contributed by atoms with Gasteiger partial charge in [0.05, 0.1) is 6.04 Å². The third-order valence-corrected chi connectivity index (χ3v) is 7.54. The van der Waals surface area contributed by atoms with Crippen molar-refractivity contribution in [2.75, 3.05) is 5.75 Å². The van der Waals surface area contributed by atoms with Crippen LogP contribution in [0.3, 0.4) is 0 Å². The number of aliphatic carboxylic acids is 1. The molecule has 0 spiro atoms. The second-order valence-corrected chi connectivity index (χ2v) is 10.8. The van der Waals surface area contributed by atoms with Crippen LogP contribution >= 0.6 is 12.6 Å². The number of thiol groups is 1. The molecular weight excluding hydrogens is 582 g/mol. The van der Waals surface area contributed by atoms with Gasteiger partial charge in [0, 0.05) is 35.7 Å². The van der Waals surface area contributed by atoms with Gasteiger partial charge in [0.1, 0.15) is 23.9 Å². The minimum Gasteiger partial charge on any atom is -0.508 e. The number of aromatic nitrogens is 1. The Hall–Kier alpha value is -4.81. The maximum atomic E-state index is 13.7. The van der Waals surface area contributed by atoms with Crippen molar-refractivity contribution in [2.24, 2.45) is 5.73 Å². The Morgan fingerprint density at radius 1 is 0.727 bits per heavy atom. The molecule has 0 aliphatic heterocycles. The highest BCUT2D eigenvalue weighted by Gasteiger charge is 2.30. The molecule has 0 saturated carbocycles. The average molecular weight is 618 g/mol. The number of hydrogen-bond donors (Lipinski definition) is 8. The van der Waals surface area contributed by atoms with Crippen LogP contribution in [-0.2, 0) is 38.4 Å². The second kappa shape index (κ2) is 15.1. The molecule has 8 N–H and O–H groups in total. The number of nitrogens with two attached hydrogens (primary N) is 1. The number of H-pyrrole nitrogens is 1. The van der Waals surface area contributed by atoms with Crippen LogP contribution in [0.5, 0.6) is 5.75 Å². The van der Waals surface area contributed by atoms with Crippen LogP contribution in [0.2, 0.25) is 0 Å². The van der Waals surface area contributed by atoms with E-state index in [-0.39, 0.29) is 30.8 Å². The monoisotopic (exact) mass is 617 g/mol. The van der Waals surface area contributed by atoms with Crippen molar-refractivity contribution < 1.29 is 29.4 Å². The number of phenols is 1. The lowest BCUT2D eigenvalue weighted by Crippen LogP contribution is -2.58. The fourth-order valence-electron chi connectivity index (χ4n) is 4.78. The van der Waals surface area contributed by atoms with Crippen molar-refractivity contribution in [2.45, 2.75) is 43.4 Å². The van der Waals surface area contributed by atoms with Gasteiger partial charge in [-0.15, -0.1) is 0 Å². The number of benzene rings is 3. The van der Waals surface area contributed by atoms with Gasteiger partial charge in [0.15, 0.2) is 0 Å². The maximum Gasteiger partial charge on any atom is 0.327 e. The maximum absolute atomic E-state index is 13.7. The lowest BCUT2D eigenvalue weighted by Gasteiger charge is -2.25. The first-order valence-electron chi connectivity index (χ1n) is 14.0. The number of amides is 3. The van der Waals surface area contributed by atoms with Crippen LogP contribution in [0.25, 0.3) is 10.9 Å². The molecule has 0 aliphatic rings. The zero-order valence-corrected chi connectivity index (χ0v) is 24.7. The molecule has 4 aromatic rings. The molecule has 11 nitrogen and oxygen atoms in total. The molecule has 4 unspecified atom stereocenters. The number of aromatic hydroxyl groups is 1. The van der Waals surface area contributed by atoms with Gasteiger partial charge >= 0.3 is 5.97 Å². The van der Waals surface area contributed by atoms with Crippen molar-refractivity contribution in [1.82, 2.24) is 20.9 Å². The number of carbonyl (C=O) groups excluding carboxylic acids is 3. The number of aromatic amines is 1. The third kappa shape index (κ3) is 8.62. The zero-order valence-electron chi connectivity index (χ0n) is 23.8. The van der Waals surface area contributed by atoms with Crippen molar-refractivity contribution in [3.63, 3.8) is 0 Å². The van der Waals surface area contributed by atoms with E-state index < -0.39 is 47.9 Å². The first kappa shape index (κ1) is 32.1. The molecule has 44 heavy (non-hydrogen) atoms. The van der Waals surface area contributed by atoms with E-state index >= 15 is 0 Å². The molecule has 0 radical (unpaired) electrons. The summed E-state index contributed by atoms with van der Waals surface area (Å²) in [6.07, 6.45) is 2.12. The van der Waals surface area contributed by atoms with E-state index in [1.807, 2.05) is 42.5 Å². The van der Waals surface area contributed by atoms with E-state index in [1.165, 1.54) is 12.1 Å². The first-order valence-corrected chi connectivity index (χ1v) is 14.6. The molecular formula is C32H35N5O6S. The normalized spacial score (nSPS) is 13.8. The number of para-hydroxylation sites is 1. The minimum atomic E-state index is -1.28. The van der Waals surface area contributed by atoms with Gasteiger partial charge in [-0.05, 0) is 41.3 Å². The van der Waals surface area contributed by atoms with E-state index in [2.05, 4.69) is 33.6 Å². The Morgan fingerprint density at radius 3 is 1.89 bits per heavy atom. The number of nitrogens with one attached hydrogen (secondary N) is 4. The first-order chi connectivity index (χ1) is 21.1. The second-order valence-electron chi connectivity index (χ2n) is 10.4. The van der Waals surface area contributed by atoms with Crippen molar-refractivity contribution >= 4 is 47.2 Å². The van der Waals surface area contributed by atoms with Crippen LogP contribution in [0.1, 0.15) is 16.7 Å². The van der Waals surface area contributed by atoms with Gasteiger partial charge in [-0.1, -0.05) is 60.7 Å². The van der Waals surface area contributed by atoms with Crippen LogP contribution in [0.4, 0.5) is 0 Å². The fraction of sp³-hybridized carbons (Fsp3) is 0.250. The lowest BCUT2D eigenvalue weighted by molar-refractivity contribution is -0.141. The van der Waals surface area contributed by atoms with Gasteiger partial charge in [0.2, 0.25) is 17.7 Å². The summed E-state index contributed by atoms with van der Waals surface area (Å²) in [7, 11) is 0. The van der Waals surface area contributed by atoms with Gasteiger partial charge < -0.3 is 36.9 Å². The summed E-state index contributed by atoms with van der Waals surface area (Å²) in [4.78, 5) is 55.0. The summed E-state index contributed by atoms with van der Waals surface area (Å²) in [5.41, 5.74) is 9.43. The van der Waals surface area contributed by atoms with E-state index in [4.69, 9.17) is 5.73 Å². The number of carboxylic acid groups (broad SMARTS) is 1. The van der Waals surface area contributed by atoms with Crippen molar-refractivity contribution in [3.8, 4) is 5.75 Å². The predicted octanol–water partition coefficient (Wildman–Crippen LogP) is 1.70. The van der Waals surface area contributed by atoms with Gasteiger partial charge in [-0.2, -0.15) is 12.6 Å². The van der Waals surface area contributed by atoms with Crippen LogP contribution in [0, 0.1) is 0 Å². The Labute approximate surface area is 259 Å². The number of carboxylic acids is 1. The van der Waals surface area contributed by atoms with E-state index in [1.54, 1.807) is 30.5 Å². The summed E-state index contributed by atoms with van der Waals surface area (Å²) in [5, 5.41) is 27.9.